The number of nitrogens with one attached hydrogen (secondary N) is 1. The second kappa shape index (κ2) is 4.24. The molecule has 3 N–H and O–H groups in total. The van der Waals surface area contributed by atoms with Crippen LogP contribution in [-0.2, 0) is 13.5 Å². The van der Waals surface area contributed by atoms with Crippen LogP contribution in [0.1, 0.15) is 11.1 Å². The number of nitrogens with zero attached hydrogens (tertiary/aromatic N) is 2. The van der Waals surface area contributed by atoms with E-state index in [1.54, 1.807) is 7.05 Å². The van der Waals surface area contributed by atoms with Crippen LogP contribution < -0.4 is 16.2 Å². The number of benzene rings is 1. The first-order valence-electron chi connectivity index (χ1n) is 6.22. The van der Waals surface area contributed by atoms with Crippen LogP contribution >= 0.6 is 0 Å². The van der Waals surface area contributed by atoms with Gasteiger partial charge in [0.15, 0.2) is 5.82 Å². The molecule has 6 nitrogen and oxygen atoms in total. The van der Waals surface area contributed by atoms with Crippen molar-refractivity contribution in [3.63, 3.8) is 0 Å². The Hall–Kier alpha value is -2.08. The predicted molar refractivity (Wildman–Crippen MR) is 71.2 cm³/mol. The van der Waals surface area contributed by atoms with E-state index in [4.69, 9.17) is 10.5 Å². The van der Waals surface area contributed by atoms with Crippen LogP contribution in [-0.4, -0.2) is 27.4 Å². The van der Waals surface area contributed by atoms with Crippen molar-refractivity contribution in [2.24, 2.45) is 12.8 Å². The van der Waals surface area contributed by atoms with Crippen molar-refractivity contribution in [1.82, 2.24) is 14.8 Å². The van der Waals surface area contributed by atoms with Gasteiger partial charge in [-0.2, -0.15) is 0 Å². The van der Waals surface area contributed by atoms with Crippen LogP contribution in [0.25, 0.3) is 11.4 Å². The number of fused-ring (bicyclic) bond motifs is 1. The summed E-state index contributed by atoms with van der Waals surface area (Å²) in [5.41, 5.74) is 8.49. The maximum Gasteiger partial charge on any atom is 0.343 e. The van der Waals surface area contributed by atoms with Crippen molar-refractivity contribution in [1.29, 1.82) is 0 Å². The fourth-order valence-corrected chi connectivity index (χ4v) is 2.42. The number of aromatic nitrogens is 3. The number of hydrogen-bond donors (Lipinski definition) is 2. The lowest BCUT2D eigenvalue weighted by Crippen LogP contribution is -2.24. The smallest absolute Gasteiger partial charge is 0.343 e. The maximum atomic E-state index is 11.5. The Labute approximate surface area is 110 Å². The van der Waals surface area contributed by atoms with Gasteiger partial charge in [-0.25, -0.2) is 9.48 Å². The van der Waals surface area contributed by atoms with Gasteiger partial charge >= 0.3 is 5.69 Å². The molecule has 100 valence electrons. The summed E-state index contributed by atoms with van der Waals surface area (Å²) in [5, 5.41) is 4.19. The summed E-state index contributed by atoms with van der Waals surface area (Å²) in [4.78, 5) is 14.2. The van der Waals surface area contributed by atoms with Gasteiger partial charge in [-0.1, -0.05) is 6.07 Å². The van der Waals surface area contributed by atoms with Gasteiger partial charge in [0.25, 0.3) is 0 Å². The summed E-state index contributed by atoms with van der Waals surface area (Å²) in [5.74, 6) is 1.32. The van der Waals surface area contributed by atoms with Crippen LogP contribution in [0.15, 0.2) is 16.9 Å². The summed E-state index contributed by atoms with van der Waals surface area (Å²) in [7, 11) is 1.61. The van der Waals surface area contributed by atoms with E-state index >= 15 is 0 Å². The van der Waals surface area contributed by atoms with Crippen molar-refractivity contribution in [2.45, 2.75) is 19.4 Å². The zero-order valence-corrected chi connectivity index (χ0v) is 10.9. The molecule has 1 aromatic carbocycles. The lowest BCUT2D eigenvalue weighted by atomic mass is 10.0. The Morgan fingerprint density at radius 1 is 1.58 bits per heavy atom. The Bertz CT molecular complexity index is 686. The van der Waals surface area contributed by atoms with Gasteiger partial charge in [-0.15, -0.1) is 5.10 Å². The van der Waals surface area contributed by atoms with Gasteiger partial charge in [0.05, 0.1) is 5.56 Å². The first-order chi connectivity index (χ1) is 9.08. The molecule has 1 aliphatic rings. The maximum absolute atomic E-state index is 11.5. The number of ether oxygens (including phenoxy) is 1. The van der Waals surface area contributed by atoms with Crippen LogP contribution in [0.2, 0.25) is 0 Å². The normalized spacial score (nSPS) is 17.3. The summed E-state index contributed by atoms with van der Waals surface area (Å²) in [6.07, 6.45) is 0.809. The average Bonchev–Trinajstić information content (AvgIpc) is 2.92. The Morgan fingerprint density at radius 3 is 3.00 bits per heavy atom. The fraction of sp³-hybridized carbons (Fsp3) is 0.385. The molecule has 3 rings (SSSR count). The average molecular weight is 260 g/mol. The number of aryl methyl sites for hydroxylation is 2. The number of H-pyrrole nitrogens is 1. The molecule has 0 saturated carbocycles. The minimum atomic E-state index is -0.237. The van der Waals surface area contributed by atoms with Crippen molar-refractivity contribution in [2.75, 3.05) is 6.54 Å². The van der Waals surface area contributed by atoms with Crippen LogP contribution in [0.5, 0.6) is 5.75 Å². The van der Waals surface area contributed by atoms with Gasteiger partial charge in [0.2, 0.25) is 0 Å². The molecule has 1 aromatic heterocycles. The zero-order chi connectivity index (χ0) is 13.6. The third kappa shape index (κ3) is 1.94. The molecule has 0 fully saturated rings. The second-order valence-electron chi connectivity index (χ2n) is 4.88. The molecular formula is C13H16N4O2. The number of nitrogens with two attached hydrogens (primary N) is 1. The first-order valence-corrected chi connectivity index (χ1v) is 6.22. The van der Waals surface area contributed by atoms with E-state index in [-0.39, 0.29) is 11.8 Å². The summed E-state index contributed by atoms with van der Waals surface area (Å²) in [6.45, 7) is 2.49. The lowest BCUT2D eigenvalue weighted by Gasteiger charge is -2.09. The molecule has 1 aliphatic heterocycles. The summed E-state index contributed by atoms with van der Waals surface area (Å²) >= 11 is 0. The Morgan fingerprint density at radius 2 is 2.37 bits per heavy atom. The molecule has 0 spiro atoms. The minimum Gasteiger partial charge on any atom is -0.488 e. The van der Waals surface area contributed by atoms with E-state index in [0.717, 1.165) is 28.9 Å². The van der Waals surface area contributed by atoms with Gasteiger partial charge in [0, 0.05) is 20.0 Å². The molecule has 2 aromatic rings. The fourth-order valence-electron chi connectivity index (χ4n) is 2.42. The first kappa shape index (κ1) is 12.0. The predicted octanol–water partition coefficient (Wildman–Crippen LogP) is 0.346. The molecule has 0 radical (unpaired) electrons. The highest BCUT2D eigenvalue weighted by atomic mass is 16.5. The third-order valence-corrected chi connectivity index (χ3v) is 3.33. The highest BCUT2D eigenvalue weighted by Crippen LogP contribution is 2.38. The van der Waals surface area contributed by atoms with Crippen molar-refractivity contribution in [3.8, 4) is 17.1 Å². The minimum absolute atomic E-state index is 0.00554. The van der Waals surface area contributed by atoms with Crippen LogP contribution in [0.3, 0.4) is 0 Å². The van der Waals surface area contributed by atoms with Gasteiger partial charge in [-0.3, -0.25) is 4.98 Å². The monoisotopic (exact) mass is 260 g/mol. The largest absolute Gasteiger partial charge is 0.488 e. The van der Waals surface area contributed by atoms with Crippen LogP contribution in [0, 0.1) is 6.92 Å². The SMILES string of the molecule is Cc1cc2c(c(-c3nn(C)c(=O)[nH]3)c1)OC(CN)C2. The lowest BCUT2D eigenvalue weighted by molar-refractivity contribution is 0.242. The van der Waals surface area contributed by atoms with E-state index < -0.39 is 0 Å². The summed E-state index contributed by atoms with van der Waals surface area (Å²) < 4.78 is 7.13. The third-order valence-electron chi connectivity index (χ3n) is 3.33. The Kier molecular flexibility index (Phi) is 2.67. The summed E-state index contributed by atoms with van der Waals surface area (Å²) in [6, 6.07) is 4.06. The van der Waals surface area contributed by atoms with Gasteiger partial charge in [0.1, 0.15) is 11.9 Å². The van der Waals surface area contributed by atoms with E-state index in [9.17, 15) is 4.79 Å². The molecule has 1 unspecified atom stereocenters. The molecule has 0 amide bonds. The van der Waals surface area contributed by atoms with E-state index in [1.165, 1.54) is 4.68 Å². The van der Waals surface area contributed by atoms with Gasteiger partial charge in [-0.05, 0) is 24.1 Å². The quantitative estimate of drug-likeness (QED) is 0.815. The zero-order valence-electron chi connectivity index (χ0n) is 10.9. The molecule has 0 aliphatic carbocycles. The van der Waals surface area contributed by atoms with E-state index in [1.807, 2.05) is 13.0 Å². The highest BCUT2D eigenvalue weighted by Gasteiger charge is 2.26. The topological polar surface area (TPSA) is 85.9 Å². The number of hydrogen-bond acceptors (Lipinski definition) is 4. The highest BCUT2D eigenvalue weighted by molar-refractivity contribution is 5.68. The van der Waals surface area contributed by atoms with Gasteiger partial charge < -0.3 is 10.5 Å². The molecule has 1 atom stereocenters. The van der Waals surface area contributed by atoms with Crippen molar-refractivity contribution >= 4 is 0 Å². The molecule has 6 heteroatoms. The van der Waals surface area contributed by atoms with Crippen molar-refractivity contribution in [3.05, 3.63) is 33.7 Å². The molecule has 19 heavy (non-hydrogen) atoms. The van der Waals surface area contributed by atoms with Crippen LogP contribution in [0.4, 0.5) is 0 Å². The van der Waals surface area contributed by atoms with E-state index in [0.29, 0.717) is 12.4 Å². The second-order valence-corrected chi connectivity index (χ2v) is 4.88. The number of rotatable bonds is 2. The molecule has 0 saturated heterocycles. The van der Waals surface area contributed by atoms with Crippen molar-refractivity contribution < 1.29 is 4.74 Å². The molecule has 2 heterocycles. The Balaban J connectivity index is 2.15. The number of aromatic amines is 1. The molecule has 0 bridgehead atoms. The standard InChI is InChI=1S/C13H16N4O2/c1-7-3-8-5-9(6-14)19-11(8)10(4-7)12-15-13(18)17(2)16-12/h3-4,9H,5-6,14H2,1-2H3,(H,15,16,18). The van der Waals surface area contributed by atoms with E-state index in [2.05, 4.69) is 16.1 Å². The molecular weight excluding hydrogens is 244 g/mol.